The van der Waals surface area contributed by atoms with Gasteiger partial charge in [-0.05, 0) is 38.1 Å². The van der Waals surface area contributed by atoms with E-state index in [4.69, 9.17) is 4.42 Å². The first-order valence-corrected chi connectivity index (χ1v) is 7.61. The first-order valence-electron chi connectivity index (χ1n) is 6.80. The molecule has 0 saturated carbocycles. The van der Waals surface area contributed by atoms with E-state index in [1.54, 1.807) is 11.3 Å². The van der Waals surface area contributed by atoms with E-state index in [1.165, 1.54) is 5.56 Å². The largest absolute Gasteiger partial charge is 0.453 e. The standard InChI is InChI=1S/C15H17N3OS/c1-3-6-16-9-14-17-18-15(20-14)13-8-11-7-10(2)4-5-12(11)19-13/h4-5,7-8,16H,3,6,9H2,1-2H3. The fraction of sp³-hybridized carbons (Fsp3) is 0.333. The van der Waals surface area contributed by atoms with Gasteiger partial charge in [0.2, 0.25) is 0 Å². The molecule has 0 saturated heterocycles. The van der Waals surface area contributed by atoms with Crippen LogP contribution < -0.4 is 5.32 Å². The van der Waals surface area contributed by atoms with Gasteiger partial charge >= 0.3 is 0 Å². The summed E-state index contributed by atoms with van der Waals surface area (Å²) in [7, 11) is 0. The molecule has 5 heteroatoms. The van der Waals surface area contributed by atoms with Gasteiger partial charge in [0.15, 0.2) is 10.8 Å². The van der Waals surface area contributed by atoms with Crippen LogP contribution in [0.2, 0.25) is 0 Å². The normalized spacial score (nSPS) is 11.3. The number of rotatable bonds is 5. The number of hydrogen-bond donors (Lipinski definition) is 1. The maximum atomic E-state index is 5.84. The Kier molecular flexibility index (Phi) is 3.80. The molecule has 0 spiro atoms. The van der Waals surface area contributed by atoms with E-state index in [-0.39, 0.29) is 0 Å². The quantitative estimate of drug-likeness (QED) is 0.726. The smallest absolute Gasteiger partial charge is 0.183 e. The molecule has 0 aliphatic rings. The number of aromatic nitrogens is 2. The Morgan fingerprint density at radius 3 is 3.00 bits per heavy atom. The molecule has 0 aliphatic heterocycles. The van der Waals surface area contributed by atoms with Gasteiger partial charge in [0.25, 0.3) is 0 Å². The highest BCUT2D eigenvalue weighted by molar-refractivity contribution is 7.14. The zero-order valence-electron chi connectivity index (χ0n) is 11.6. The number of nitrogens with one attached hydrogen (secondary N) is 1. The van der Waals surface area contributed by atoms with Gasteiger partial charge in [0.05, 0.1) is 0 Å². The molecular weight excluding hydrogens is 270 g/mol. The average molecular weight is 287 g/mol. The van der Waals surface area contributed by atoms with Crippen molar-refractivity contribution in [2.24, 2.45) is 0 Å². The summed E-state index contributed by atoms with van der Waals surface area (Å²) in [6.07, 6.45) is 1.12. The van der Waals surface area contributed by atoms with E-state index in [9.17, 15) is 0 Å². The van der Waals surface area contributed by atoms with Crippen molar-refractivity contribution in [2.75, 3.05) is 6.54 Å². The predicted octanol–water partition coefficient (Wildman–Crippen LogP) is 3.76. The van der Waals surface area contributed by atoms with E-state index in [1.807, 2.05) is 12.1 Å². The van der Waals surface area contributed by atoms with Gasteiger partial charge in [-0.2, -0.15) is 0 Å². The molecule has 2 heterocycles. The SMILES string of the molecule is CCCNCc1nnc(-c2cc3cc(C)ccc3o2)s1. The summed E-state index contributed by atoms with van der Waals surface area (Å²) in [5.41, 5.74) is 2.12. The van der Waals surface area contributed by atoms with E-state index >= 15 is 0 Å². The number of aryl methyl sites for hydroxylation is 1. The lowest BCUT2D eigenvalue weighted by atomic mass is 10.2. The lowest BCUT2D eigenvalue weighted by Gasteiger charge is -1.96. The maximum Gasteiger partial charge on any atom is 0.183 e. The zero-order chi connectivity index (χ0) is 13.9. The van der Waals surface area contributed by atoms with Crippen LogP contribution in [0.4, 0.5) is 0 Å². The van der Waals surface area contributed by atoms with Gasteiger partial charge in [-0.1, -0.05) is 29.9 Å². The minimum atomic E-state index is 0.769. The zero-order valence-corrected chi connectivity index (χ0v) is 12.5. The van der Waals surface area contributed by atoms with Crippen molar-refractivity contribution < 1.29 is 4.42 Å². The van der Waals surface area contributed by atoms with Crippen LogP contribution in [-0.2, 0) is 6.54 Å². The van der Waals surface area contributed by atoms with Crippen molar-refractivity contribution in [1.29, 1.82) is 0 Å². The van der Waals surface area contributed by atoms with Crippen LogP contribution in [0.25, 0.3) is 21.7 Å². The lowest BCUT2D eigenvalue weighted by molar-refractivity contribution is 0.629. The number of hydrogen-bond acceptors (Lipinski definition) is 5. The molecule has 0 amide bonds. The third-order valence-electron chi connectivity index (χ3n) is 3.05. The highest BCUT2D eigenvalue weighted by Gasteiger charge is 2.11. The Morgan fingerprint density at radius 1 is 1.25 bits per heavy atom. The van der Waals surface area contributed by atoms with Gasteiger partial charge in [-0.25, -0.2) is 0 Å². The number of nitrogens with zero attached hydrogens (tertiary/aromatic N) is 2. The van der Waals surface area contributed by atoms with E-state index in [2.05, 4.69) is 41.5 Å². The Balaban J connectivity index is 1.83. The average Bonchev–Trinajstić information content (AvgIpc) is 3.04. The third kappa shape index (κ3) is 2.73. The Hall–Kier alpha value is -1.72. The number of fused-ring (bicyclic) bond motifs is 1. The second-order valence-corrected chi connectivity index (χ2v) is 5.89. The number of furan rings is 1. The van der Waals surface area contributed by atoms with Crippen molar-refractivity contribution in [2.45, 2.75) is 26.8 Å². The molecule has 2 aromatic heterocycles. The fourth-order valence-electron chi connectivity index (χ4n) is 2.06. The third-order valence-corrected chi connectivity index (χ3v) is 3.99. The summed E-state index contributed by atoms with van der Waals surface area (Å²) in [6, 6.07) is 8.20. The molecule has 1 aromatic carbocycles. The van der Waals surface area contributed by atoms with Gasteiger partial charge < -0.3 is 9.73 Å². The van der Waals surface area contributed by atoms with Gasteiger partial charge in [-0.3, -0.25) is 0 Å². The van der Waals surface area contributed by atoms with Crippen LogP contribution in [0, 0.1) is 6.92 Å². The van der Waals surface area contributed by atoms with Crippen LogP contribution >= 0.6 is 11.3 Å². The molecule has 3 rings (SSSR count). The van der Waals surface area contributed by atoms with Crippen LogP contribution in [-0.4, -0.2) is 16.7 Å². The fourth-order valence-corrected chi connectivity index (χ4v) is 2.83. The number of benzene rings is 1. The summed E-state index contributed by atoms with van der Waals surface area (Å²) in [6.45, 7) is 5.99. The highest BCUT2D eigenvalue weighted by Crippen LogP contribution is 2.30. The monoisotopic (exact) mass is 287 g/mol. The molecule has 0 fully saturated rings. The summed E-state index contributed by atoms with van der Waals surface area (Å²) in [4.78, 5) is 0. The first-order chi connectivity index (χ1) is 9.76. The molecule has 104 valence electrons. The lowest BCUT2D eigenvalue weighted by Crippen LogP contribution is -2.13. The topological polar surface area (TPSA) is 51.0 Å². The molecule has 0 radical (unpaired) electrons. The van der Waals surface area contributed by atoms with Crippen LogP contribution in [0.3, 0.4) is 0 Å². The van der Waals surface area contributed by atoms with E-state index in [0.717, 1.165) is 46.3 Å². The second-order valence-electron chi connectivity index (χ2n) is 4.83. The summed E-state index contributed by atoms with van der Waals surface area (Å²) in [5.74, 6) is 0.796. The molecule has 20 heavy (non-hydrogen) atoms. The van der Waals surface area contributed by atoms with Gasteiger partial charge in [-0.15, -0.1) is 10.2 Å². The molecule has 1 N–H and O–H groups in total. The van der Waals surface area contributed by atoms with Crippen molar-refractivity contribution in [3.8, 4) is 10.8 Å². The van der Waals surface area contributed by atoms with Crippen LogP contribution in [0.15, 0.2) is 28.7 Å². The molecule has 0 unspecified atom stereocenters. The van der Waals surface area contributed by atoms with Gasteiger partial charge in [0, 0.05) is 11.9 Å². The maximum absolute atomic E-state index is 5.84. The molecule has 0 atom stereocenters. The van der Waals surface area contributed by atoms with Crippen molar-refractivity contribution in [3.63, 3.8) is 0 Å². The Morgan fingerprint density at radius 2 is 2.15 bits per heavy atom. The minimum Gasteiger partial charge on any atom is -0.453 e. The van der Waals surface area contributed by atoms with Crippen LogP contribution in [0.5, 0.6) is 0 Å². The van der Waals surface area contributed by atoms with Gasteiger partial charge in [0.1, 0.15) is 10.6 Å². The second kappa shape index (κ2) is 5.73. The predicted molar refractivity (Wildman–Crippen MR) is 81.9 cm³/mol. The summed E-state index contributed by atoms with van der Waals surface area (Å²) in [5, 5.41) is 14.7. The molecule has 0 bridgehead atoms. The highest BCUT2D eigenvalue weighted by atomic mass is 32.1. The molecule has 3 aromatic rings. The van der Waals surface area contributed by atoms with Crippen molar-refractivity contribution in [3.05, 3.63) is 34.8 Å². The molecular formula is C15H17N3OS. The first kappa shape index (κ1) is 13.3. The Bertz CT molecular complexity index is 717. The molecule has 4 nitrogen and oxygen atoms in total. The summed E-state index contributed by atoms with van der Waals surface area (Å²) < 4.78 is 5.84. The van der Waals surface area contributed by atoms with E-state index in [0.29, 0.717) is 0 Å². The minimum absolute atomic E-state index is 0.769. The van der Waals surface area contributed by atoms with Crippen LogP contribution in [0.1, 0.15) is 23.9 Å². The van der Waals surface area contributed by atoms with E-state index < -0.39 is 0 Å². The molecule has 0 aliphatic carbocycles. The Labute approximate surface area is 121 Å². The van der Waals surface area contributed by atoms with Crippen molar-refractivity contribution in [1.82, 2.24) is 15.5 Å². The van der Waals surface area contributed by atoms with Crippen molar-refractivity contribution >= 4 is 22.3 Å². The summed E-state index contributed by atoms with van der Waals surface area (Å²) >= 11 is 1.58.